The molecule has 2 amide bonds. The number of aryl methyl sites for hydroxylation is 1. The van der Waals surface area contributed by atoms with Crippen molar-refractivity contribution in [1.29, 1.82) is 0 Å². The predicted octanol–water partition coefficient (Wildman–Crippen LogP) is 2.00. The summed E-state index contributed by atoms with van der Waals surface area (Å²) in [5.41, 5.74) is 7.78. The number of benzene rings is 1. The predicted molar refractivity (Wildman–Crippen MR) is 121 cm³/mol. The quantitative estimate of drug-likeness (QED) is 0.600. The van der Waals surface area contributed by atoms with Gasteiger partial charge in [-0.1, -0.05) is 29.8 Å². The van der Waals surface area contributed by atoms with Gasteiger partial charge in [-0.2, -0.15) is 4.37 Å². The highest BCUT2D eigenvalue weighted by atomic mass is 32.1. The van der Waals surface area contributed by atoms with E-state index in [4.69, 9.17) is 15.5 Å². The van der Waals surface area contributed by atoms with Gasteiger partial charge >= 0.3 is 0 Å². The number of nitrogens with two attached hydrogens (primary N) is 1. The number of hydrogen-bond donors (Lipinski definition) is 1. The van der Waals surface area contributed by atoms with E-state index in [9.17, 15) is 9.59 Å². The molecular formula is C22H31N5O3S. The topological polar surface area (TPSA) is 102 Å². The number of ether oxygens (including phenoxy) is 1. The maximum Gasteiger partial charge on any atom is 0.224 e. The standard InChI is InChI=1S/C22H31N5O3S/c1-16-3-5-17(6-4-16)15-19-24-22(31-25-19)27(13-14-30-2)12-9-20(28)26-10-7-18(8-11-26)21(23)29/h3-6,18H,7-15H2,1-2H3,(H2,23,29). The molecule has 1 aliphatic rings. The van der Waals surface area contributed by atoms with Gasteiger partial charge in [-0.05, 0) is 25.3 Å². The number of aromatic nitrogens is 2. The lowest BCUT2D eigenvalue weighted by Crippen LogP contribution is -2.43. The molecule has 1 aliphatic heterocycles. The number of primary amides is 1. The van der Waals surface area contributed by atoms with E-state index in [1.54, 1.807) is 7.11 Å². The van der Waals surface area contributed by atoms with Crippen molar-refractivity contribution >= 4 is 28.5 Å². The molecule has 1 saturated heterocycles. The Morgan fingerprint density at radius 3 is 2.58 bits per heavy atom. The molecule has 1 aromatic carbocycles. The number of amides is 2. The number of nitrogens with zero attached hydrogens (tertiary/aromatic N) is 4. The van der Waals surface area contributed by atoms with Gasteiger partial charge in [0.25, 0.3) is 0 Å². The Morgan fingerprint density at radius 2 is 1.94 bits per heavy atom. The summed E-state index contributed by atoms with van der Waals surface area (Å²) in [5.74, 6) is 0.493. The number of hydrogen-bond acceptors (Lipinski definition) is 7. The largest absolute Gasteiger partial charge is 0.383 e. The van der Waals surface area contributed by atoms with Gasteiger partial charge in [0.15, 0.2) is 0 Å². The van der Waals surface area contributed by atoms with Crippen LogP contribution in [0.2, 0.25) is 0 Å². The SMILES string of the molecule is COCCN(CCC(=O)N1CCC(C(N)=O)CC1)c1nc(Cc2ccc(C)cc2)ns1. The van der Waals surface area contributed by atoms with Crippen molar-refractivity contribution in [3.63, 3.8) is 0 Å². The van der Waals surface area contributed by atoms with E-state index >= 15 is 0 Å². The number of carbonyl (C=O) groups excluding carboxylic acids is 2. The summed E-state index contributed by atoms with van der Waals surface area (Å²) in [6.07, 6.45) is 2.36. The Bertz CT molecular complexity index is 862. The van der Waals surface area contributed by atoms with Crippen LogP contribution < -0.4 is 10.6 Å². The summed E-state index contributed by atoms with van der Waals surface area (Å²) in [4.78, 5) is 32.6. The molecule has 3 rings (SSSR count). The summed E-state index contributed by atoms with van der Waals surface area (Å²) in [5, 5.41) is 0.805. The second-order valence-corrected chi connectivity index (χ2v) is 8.67. The van der Waals surface area contributed by atoms with Gasteiger partial charge in [-0.3, -0.25) is 9.59 Å². The van der Waals surface area contributed by atoms with Crippen LogP contribution in [0, 0.1) is 12.8 Å². The minimum atomic E-state index is -0.268. The Labute approximate surface area is 187 Å². The Balaban J connectivity index is 1.56. The molecule has 0 radical (unpaired) electrons. The second-order valence-electron chi connectivity index (χ2n) is 7.94. The minimum Gasteiger partial charge on any atom is -0.383 e. The van der Waals surface area contributed by atoms with Crippen LogP contribution in [0.5, 0.6) is 0 Å². The summed E-state index contributed by atoms with van der Waals surface area (Å²) in [6.45, 7) is 4.99. The average molecular weight is 446 g/mol. The third-order valence-electron chi connectivity index (χ3n) is 5.62. The lowest BCUT2D eigenvalue weighted by atomic mass is 9.96. The van der Waals surface area contributed by atoms with Gasteiger partial charge in [0.2, 0.25) is 16.9 Å². The molecule has 0 aliphatic carbocycles. The molecule has 2 aromatic rings. The van der Waals surface area contributed by atoms with Crippen LogP contribution in [0.4, 0.5) is 5.13 Å². The van der Waals surface area contributed by atoms with Gasteiger partial charge in [-0.15, -0.1) is 0 Å². The highest BCUT2D eigenvalue weighted by molar-refractivity contribution is 7.09. The van der Waals surface area contributed by atoms with E-state index in [-0.39, 0.29) is 17.7 Å². The van der Waals surface area contributed by atoms with Gasteiger partial charge in [0, 0.05) is 63.6 Å². The molecule has 31 heavy (non-hydrogen) atoms. The number of carbonyl (C=O) groups is 2. The van der Waals surface area contributed by atoms with Crippen LogP contribution >= 0.6 is 11.5 Å². The van der Waals surface area contributed by atoms with Crippen molar-refractivity contribution in [3.05, 3.63) is 41.2 Å². The van der Waals surface area contributed by atoms with E-state index in [0.717, 1.165) is 11.0 Å². The van der Waals surface area contributed by atoms with E-state index in [1.165, 1.54) is 22.7 Å². The number of piperidine rings is 1. The summed E-state index contributed by atoms with van der Waals surface area (Å²) >= 11 is 1.35. The molecular weight excluding hydrogens is 414 g/mol. The number of rotatable bonds is 10. The van der Waals surface area contributed by atoms with Crippen LogP contribution in [0.3, 0.4) is 0 Å². The van der Waals surface area contributed by atoms with Crippen molar-refractivity contribution in [3.8, 4) is 0 Å². The first-order valence-electron chi connectivity index (χ1n) is 10.7. The Morgan fingerprint density at radius 1 is 1.23 bits per heavy atom. The third kappa shape index (κ3) is 6.73. The molecule has 9 heteroatoms. The van der Waals surface area contributed by atoms with Crippen molar-refractivity contribution in [2.24, 2.45) is 11.7 Å². The zero-order chi connectivity index (χ0) is 22.2. The molecule has 0 bridgehead atoms. The van der Waals surface area contributed by atoms with Crippen LogP contribution in [-0.2, 0) is 20.7 Å². The second kappa shape index (κ2) is 11.2. The fourth-order valence-corrected chi connectivity index (χ4v) is 4.38. The first-order chi connectivity index (χ1) is 15.0. The normalized spacial score (nSPS) is 14.6. The lowest BCUT2D eigenvalue weighted by molar-refractivity contribution is -0.134. The van der Waals surface area contributed by atoms with Gasteiger partial charge in [0.1, 0.15) is 5.82 Å². The van der Waals surface area contributed by atoms with Crippen molar-refractivity contribution in [1.82, 2.24) is 14.3 Å². The molecule has 2 N–H and O–H groups in total. The molecule has 8 nitrogen and oxygen atoms in total. The van der Waals surface area contributed by atoms with E-state index in [0.29, 0.717) is 58.5 Å². The lowest BCUT2D eigenvalue weighted by Gasteiger charge is -2.31. The zero-order valence-corrected chi connectivity index (χ0v) is 19.1. The fraction of sp³-hybridized carbons (Fsp3) is 0.545. The molecule has 2 heterocycles. The maximum atomic E-state index is 12.7. The van der Waals surface area contributed by atoms with Crippen molar-refractivity contribution < 1.29 is 14.3 Å². The molecule has 0 saturated carbocycles. The Hall–Kier alpha value is -2.52. The molecule has 168 valence electrons. The first kappa shape index (κ1) is 23.1. The molecule has 0 spiro atoms. The first-order valence-corrected chi connectivity index (χ1v) is 11.4. The molecule has 1 fully saturated rings. The smallest absolute Gasteiger partial charge is 0.224 e. The van der Waals surface area contributed by atoms with Gasteiger partial charge in [0.05, 0.1) is 6.61 Å². The fourth-order valence-electron chi connectivity index (χ4n) is 3.64. The van der Waals surface area contributed by atoms with Crippen LogP contribution in [-0.4, -0.2) is 66.0 Å². The maximum absolute atomic E-state index is 12.7. The van der Waals surface area contributed by atoms with Crippen molar-refractivity contribution in [2.75, 3.05) is 44.8 Å². The summed E-state index contributed by atoms with van der Waals surface area (Å²) < 4.78 is 9.75. The number of methoxy groups -OCH3 is 1. The summed E-state index contributed by atoms with van der Waals surface area (Å²) in [6, 6.07) is 8.37. The van der Waals surface area contributed by atoms with Gasteiger partial charge < -0.3 is 20.3 Å². The van der Waals surface area contributed by atoms with E-state index < -0.39 is 0 Å². The minimum absolute atomic E-state index is 0.0923. The average Bonchev–Trinajstić information content (AvgIpc) is 3.23. The zero-order valence-electron chi connectivity index (χ0n) is 18.2. The number of anilines is 1. The van der Waals surface area contributed by atoms with E-state index in [2.05, 4.69) is 40.5 Å². The van der Waals surface area contributed by atoms with Gasteiger partial charge in [-0.25, -0.2) is 4.98 Å². The molecule has 0 unspecified atom stereocenters. The van der Waals surface area contributed by atoms with Crippen LogP contribution in [0.25, 0.3) is 0 Å². The summed E-state index contributed by atoms with van der Waals surface area (Å²) in [7, 11) is 1.66. The highest BCUT2D eigenvalue weighted by Crippen LogP contribution is 2.21. The van der Waals surface area contributed by atoms with Crippen LogP contribution in [0.1, 0.15) is 36.2 Å². The number of likely N-dealkylation sites (tertiary alicyclic amines) is 1. The van der Waals surface area contributed by atoms with Crippen molar-refractivity contribution in [2.45, 2.75) is 32.6 Å². The monoisotopic (exact) mass is 445 g/mol. The van der Waals surface area contributed by atoms with Crippen LogP contribution in [0.15, 0.2) is 24.3 Å². The molecule has 1 aromatic heterocycles. The molecule has 0 atom stereocenters. The highest BCUT2D eigenvalue weighted by Gasteiger charge is 2.26. The third-order valence-corrected chi connectivity index (χ3v) is 6.44. The van der Waals surface area contributed by atoms with E-state index in [1.807, 2.05) is 4.90 Å². The Kier molecular flexibility index (Phi) is 8.36.